The summed E-state index contributed by atoms with van der Waals surface area (Å²) in [5.41, 5.74) is 3.63. The minimum Gasteiger partial charge on any atom is -0.336 e. The van der Waals surface area contributed by atoms with Gasteiger partial charge in [0.15, 0.2) is 0 Å². The van der Waals surface area contributed by atoms with Crippen LogP contribution in [0.15, 0.2) is 67.3 Å². The second-order valence-electron chi connectivity index (χ2n) is 7.14. The Morgan fingerprint density at radius 3 is 2.84 bits per heavy atom. The zero-order valence-electron chi connectivity index (χ0n) is 16.5. The van der Waals surface area contributed by atoms with Gasteiger partial charge in [-0.3, -0.25) is 9.58 Å². The lowest BCUT2D eigenvalue weighted by atomic mass is 10.2. The summed E-state index contributed by atoms with van der Waals surface area (Å²) in [6, 6.07) is 12.4. The van der Waals surface area contributed by atoms with E-state index in [2.05, 4.69) is 26.0 Å². The summed E-state index contributed by atoms with van der Waals surface area (Å²) >= 11 is 0. The zero-order chi connectivity index (χ0) is 21.2. The number of carbonyl (C=O) groups excluding carboxylic acids is 2. The summed E-state index contributed by atoms with van der Waals surface area (Å²) < 4.78 is 3.66. The second kappa shape index (κ2) is 7.82. The maximum Gasteiger partial charge on any atom is 0.323 e. The van der Waals surface area contributed by atoms with Crippen molar-refractivity contribution in [1.29, 1.82) is 0 Å². The Labute approximate surface area is 177 Å². The predicted molar refractivity (Wildman–Crippen MR) is 116 cm³/mol. The van der Waals surface area contributed by atoms with E-state index in [-0.39, 0.29) is 6.03 Å². The van der Waals surface area contributed by atoms with E-state index in [0.29, 0.717) is 31.0 Å². The van der Waals surface area contributed by atoms with Crippen LogP contribution < -0.4 is 20.9 Å². The molecule has 0 bridgehead atoms. The van der Waals surface area contributed by atoms with E-state index in [4.69, 9.17) is 0 Å². The van der Waals surface area contributed by atoms with E-state index in [1.807, 2.05) is 41.1 Å². The molecule has 0 spiro atoms. The van der Waals surface area contributed by atoms with Crippen molar-refractivity contribution in [3.8, 4) is 0 Å². The first-order chi connectivity index (χ1) is 15.1. The van der Waals surface area contributed by atoms with Crippen molar-refractivity contribution in [2.45, 2.75) is 6.54 Å². The number of imidazole rings is 1. The molecule has 31 heavy (non-hydrogen) atoms. The number of hydrogen-bond acceptors (Lipinski definition) is 4. The van der Waals surface area contributed by atoms with Crippen LogP contribution >= 0.6 is 0 Å². The van der Waals surface area contributed by atoms with Gasteiger partial charge in [0.25, 0.3) is 0 Å². The number of hydrogen-bond donors (Lipinski definition) is 3. The third-order valence-electron chi connectivity index (χ3n) is 4.90. The van der Waals surface area contributed by atoms with Crippen LogP contribution in [0, 0.1) is 0 Å². The van der Waals surface area contributed by atoms with Crippen LogP contribution in [0.25, 0.3) is 5.65 Å². The number of fused-ring (bicyclic) bond motifs is 1. The number of rotatable bonds is 5. The standard InChI is InChI=1S/C21H20N8O2/c30-20(25-15-4-3-5-18(10-15)29-9-7-22-21(29)31)26-16-11-23-28(13-16)14-17-12-27-8-2-1-6-19(27)24-17/h1-6,8,10-13H,7,9,14H2,(H,22,31)(H2,25,26,30). The third kappa shape index (κ3) is 4.04. The van der Waals surface area contributed by atoms with Crippen molar-refractivity contribution in [3.05, 3.63) is 72.9 Å². The number of pyridine rings is 1. The largest absolute Gasteiger partial charge is 0.336 e. The zero-order valence-corrected chi connectivity index (χ0v) is 16.5. The van der Waals surface area contributed by atoms with Crippen molar-refractivity contribution in [1.82, 2.24) is 24.5 Å². The maximum atomic E-state index is 12.4. The molecule has 0 saturated carbocycles. The molecule has 10 heteroatoms. The molecule has 0 radical (unpaired) electrons. The Kier molecular flexibility index (Phi) is 4.71. The predicted octanol–water partition coefficient (Wildman–Crippen LogP) is 2.75. The van der Waals surface area contributed by atoms with E-state index in [0.717, 1.165) is 17.0 Å². The highest BCUT2D eigenvalue weighted by Gasteiger charge is 2.21. The van der Waals surface area contributed by atoms with Gasteiger partial charge in [-0.15, -0.1) is 0 Å². The Bertz CT molecular complexity index is 1230. The summed E-state index contributed by atoms with van der Waals surface area (Å²) in [5, 5.41) is 12.6. The summed E-state index contributed by atoms with van der Waals surface area (Å²) in [7, 11) is 0. The second-order valence-corrected chi connectivity index (χ2v) is 7.14. The first kappa shape index (κ1) is 18.7. The minimum absolute atomic E-state index is 0.139. The highest BCUT2D eigenvalue weighted by atomic mass is 16.2. The number of anilines is 3. The Morgan fingerprint density at radius 1 is 1.10 bits per heavy atom. The number of aromatic nitrogens is 4. The number of benzene rings is 1. The van der Waals surface area contributed by atoms with Gasteiger partial charge in [-0.1, -0.05) is 12.1 Å². The molecule has 0 aliphatic carbocycles. The molecule has 1 fully saturated rings. The highest BCUT2D eigenvalue weighted by molar-refractivity contribution is 6.00. The van der Waals surface area contributed by atoms with Gasteiger partial charge in [-0.2, -0.15) is 5.10 Å². The van der Waals surface area contributed by atoms with Crippen molar-refractivity contribution in [3.63, 3.8) is 0 Å². The molecule has 4 heterocycles. The van der Waals surface area contributed by atoms with Crippen LogP contribution in [0.3, 0.4) is 0 Å². The first-order valence-corrected chi connectivity index (χ1v) is 9.82. The van der Waals surface area contributed by atoms with E-state index >= 15 is 0 Å². The third-order valence-corrected chi connectivity index (χ3v) is 4.90. The van der Waals surface area contributed by atoms with Crippen LogP contribution in [0.1, 0.15) is 5.69 Å². The molecule has 1 saturated heterocycles. The van der Waals surface area contributed by atoms with Gasteiger partial charge in [-0.25, -0.2) is 14.6 Å². The molecule has 3 aromatic heterocycles. The molecule has 4 amide bonds. The van der Waals surface area contributed by atoms with Crippen LogP contribution in [-0.4, -0.2) is 44.3 Å². The monoisotopic (exact) mass is 416 g/mol. The number of amides is 4. The Balaban J connectivity index is 1.21. The van der Waals surface area contributed by atoms with E-state index in [1.165, 1.54) is 0 Å². The lowest BCUT2D eigenvalue weighted by molar-refractivity contribution is 0.252. The number of carbonyl (C=O) groups is 2. The number of nitrogens with zero attached hydrogens (tertiary/aromatic N) is 5. The lowest BCUT2D eigenvalue weighted by Gasteiger charge is -2.15. The van der Waals surface area contributed by atoms with E-state index in [9.17, 15) is 9.59 Å². The fourth-order valence-corrected chi connectivity index (χ4v) is 3.51. The SMILES string of the molecule is O=C(Nc1cccc(N2CCNC2=O)c1)Nc1cnn(Cc2cn3ccccc3n2)c1. The summed E-state index contributed by atoms with van der Waals surface area (Å²) in [5.74, 6) is 0. The summed E-state index contributed by atoms with van der Waals surface area (Å²) in [6.07, 6.45) is 7.22. The lowest BCUT2D eigenvalue weighted by Crippen LogP contribution is -2.27. The van der Waals surface area contributed by atoms with Crippen molar-refractivity contribution in [2.75, 3.05) is 28.6 Å². The fraction of sp³-hybridized carbons (Fsp3) is 0.143. The van der Waals surface area contributed by atoms with Gasteiger partial charge < -0.3 is 20.4 Å². The van der Waals surface area contributed by atoms with Crippen LogP contribution in [0.4, 0.5) is 26.7 Å². The molecular weight excluding hydrogens is 396 g/mol. The maximum absolute atomic E-state index is 12.4. The quantitative estimate of drug-likeness (QED) is 0.465. The van der Waals surface area contributed by atoms with Gasteiger partial charge >= 0.3 is 12.1 Å². The Hall–Kier alpha value is -4.34. The van der Waals surface area contributed by atoms with Gasteiger partial charge in [0, 0.05) is 43.1 Å². The summed E-state index contributed by atoms with van der Waals surface area (Å²) in [6.45, 7) is 1.70. The Morgan fingerprint density at radius 2 is 2.00 bits per heavy atom. The summed E-state index contributed by atoms with van der Waals surface area (Å²) in [4.78, 5) is 30.4. The first-order valence-electron chi connectivity index (χ1n) is 9.82. The molecule has 0 unspecified atom stereocenters. The van der Waals surface area contributed by atoms with Crippen LogP contribution in [0.2, 0.25) is 0 Å². The fourth-order valence-electron chi connectivity index (χ4n) is 3.51. The molecule has 1 aromatic carbocycles. The topological polar surface area (TPSA) is 109 Å². The smallest absolute Gasteiger partial charge is 0.323 e. The molecular formula is C21H20N8O2. The molecule has 0 atom stereocenters. The van der Waals surface area contributed by atoms with E-state index in [1.54, 1.807) is 40.2 Å². The van der Waals surface area contributed by atoms with Crippen LogP contribution in [-0.2, 0) is 6.54 Å². The normalized spacial score (nSPS) is 13.4. The average Bonchev–Trinajstić information content (AvgIpc) is 3.48. The van der Waals surface area contributed by atoms with Gasteiger partial charge in [0.2, 0.25) is 0 Å². The average molecular weight is 416 g/mol. The molecule has 10 nitrogen and oxygen atoms in total. The molecule has 156 valence electrons. The molecule has 4 aromatic rings. The van der Waals surface area contributed by atoms with Crippen molar-refractivity contribution < 1.29 is 9.59 Å². The molecule has 1 aliphatic heterocycles. The number of nitrogens with one attached hydrogen (secondary N) is 3. The van der Waals surface area contributed by atoms with E-state index < -0.39 is 6.03 Å². The van der Waals surface area contributed by atoms with Gasteiger partial charge in [0.05, 0.1) is 24.1 Å². The molecule has 3 N–H and O–H groups in total. The van der Waals surface area contributed by atoms with Gasteiger partial charge in [-0.05, 0) is 30.3 Å². The molecule has 5 rings (SSSR count). The van der Waals surface area contributed by atoms with Crippen LogP contribution in [0.5, 0.6) is 0 Å². The molecule has 1 aliphatic rings. The number of urea groups is 2. The van der Waals surface area contributed by atoms with Crippen molar-refractivity contribution >= 4 is 34.8 Å². The van der Waals surface area contributed by atoms with Crippen molar-refractivity contribution in [2.24, 2.45) is 0 Å². The minimum atomic E-state index is -0.393. The highest BCUT2D eigenvalue weighted by Crippen LogP contribution is 2.21. The van der Waals surface area contributed by atoms with Gasteiger partial charge in [0.1, 0.15) is 5.65 Å².